The molecule has 0 unspecified atom stereocenters. The maximum absolute atomic E-state index is 11.7. The Kier molecular flexibility index (Phi) is 4.70. The third-order valence-corrected chi connectivity index (χ3v) is 4.40. The summed E-state index contributed by atoms with van der Waals surface area (Å²) < 4.78 is 0. The standard InChI is InChI=1S/C15H16BClN4O3/c1-2-14(22)20-3-5-21(6-4-20)15-10-7-12(17)11(16(23)24)8-13(10)18-9-19-15/h2,7-9,23-24H,1,3-6H2. The summed E-state index contributed by atoms with van der Waals surface area (Å²) in [6, 6.07) is 3.19. The van der Waals surface area contributed by atoms with Crippen LogP contribution in [0.15, 0.2) is 31.1 Å². The molecule has 0 saturated carbocycles. The molecule has 1 fully saturated rings. The van der Waals surface area contributed by atoms with E-state index in [1.807, 2.05) is 0 Å². The summed E-state index contributed by atoms with van der Waals surface area (Å²) in [7, 11) is -1.66. The summed E-state index contributed by atoms with van der Waals surface area (Å²) in [6.07, 6.45) is 2.75. The van der Waals surface area contributed by atoms with E-state index in [0.717, 1.165) is 5.39 Å². The average molecular weight is 347 g/mol. The van der Waals surface area contributed by atoms with Crippen molar-refractivity contribution in [1.29, 1.82) is 0 Å². The molecule has 0 spiro atoms. The number of carbonyl (C=O) groups is 1. The van der Waals surface area contributed by atoms with E-state index in [1.165, 1.54) is 12.4 Å². The van der Waals surface area contributed by atoms with Gasteiger partial charge in [-0.2, -0.15) is 0 Å². The number of anilines is 1. The second-order valence-corrected chi connectivity index (χ2v) is 5.89. The van der Waals surface area contributed by atoms with Gasteiger partial charge in [-0.25, -0.2) is 9.97 Å². The fourth-order valence-electron chi connectivity index (χ4n) is 2.80. The van der Waals surface area contributed by atoms with Crippen LogP contribution < -0.4 is 10.4 Å². The highest BCUT2D eigenvalue weighted by molar-refractivity contribution is 6.63. The Labute approximate surface area is 144 Å². The van der Waals surface area contributed by atoms with Gasteiger partial charge in [0.05, 0.1) is 5.52 Å². The summed E-state index contributed by atoms with van der Waals surface area (Å²) in [5.74, 6) is 0.637. The summed E-state index contributed by atoms with van der Waals surface area (Å²) in [5, 5.41) is 19.7. The lowest BCUT2D eigenvalue weighted by Crippen LogP contribution is -2.48. The Morgan fingerprint density at radius 1 is 1.25 bits per heavy atom. The monoisotopic (exact) mass is 346 g/mol. The van der Waals surface area contributed by atoms with E-state index in [-0.39, 0.29) is 16.4 Å². The van der Waals surface area contributed by atoms with Crippen LogP contribution in [0.3, 0.4) is 0 Å². The molecule has 1 amide bonds. The fourth-order valence-corrected chi connectivity index (χ4v) is 3.06. The molecule has 1 aliphatic heterocycles. The second-order valence-electron chi connectivity index (χ2n) is 5.48. The zero-order valence-corrected chi connectivity index (χ0v) is 13.6. The predicted octanol–water partition coefficient (Wildman–Crippen LogP) is -0.202. The molecule has 9 heteroatoms. The van der Waals surface area contributed by atoms with Crippen LogP contribution in [0.1, 0.15) is 0 Å². The van der Waals surface area contributed by atoms with Crippen molar-refractivity contribution in [3.05, 3.63) is 36.1 Å². The lowest BCUT2D eigenvalue weighted by molar-refractivity contribution is -0.126. The molecule has 7 nitrogen and oxygen atoms in total. The van der Waals surface area contributed by atoms with Gasteiger partial charge in [0, 0.05) is 42.1 Å². The van der Waals surface area contributed by atoms with Crippen LogP contribution >= 0.6 is 11.6 Å². The average Bonchev–Trinajstić information content (AvgIpc) is 2.60. The van der Waals surface area contributed by atoms with Gasteiger partial charge in [-0.15, -0.1) is 0 Å². The molecule has 0 atom stereocenters. The predicted molar refractivity (Wildman–Crippen MR) is 93.4 cm³/mol. The quantitative estimate of drug-likeness (QED) is 0.591. The van der Waals surface area contributed by atoms with Crippen molar-refractivity contribution < 1.29 is 14.8 Å². The van der Waals surface area contributed by atoms with Crippen molar-refractivity contribution in [3.63, 3.8) is 0 Å². The molecule has 2 aromatic rings. The van der Waals surface area contributed by atoms with Gasteiger partial charge in [0.2, 0.25) is 5.91 Å². The molecule has 1 saturated heterocycles. The number of hydrogen-bond donors (Lipinski definition) is 2. The molecule has 1 aromatic heterocycles. The van der Waals surface area contributed by atoms with Gasteiger partial charge in [0.15, 0.2) is 0 Å². The minimum atomic E-state index is -1.66. The Hall–Kier alpha value is -2.16. The summed E-state index contributed by atoms with van der Waals surface area (Å²) in [6.45, 7) is 5.93. The third-order valence-electron chi connectivity index (χ3n) is 4.08. The molecule has 0 aliphatic carbocycles. The van der Waals surface area contributed by atoms with E-state index < -0.39 is 7.12 Å². The summed E-state index contributed by atoms with van der Waals surface area (Å²) in [4.78, 5) is 24.0. The summed E-state index contributed by atoms with van der Waals surface area (Å²) in [5.41, 5.74) is 0.785. The molecular formula is C15H16BClN4O3. The van der Waals surface area contributed by atoms with Crippen molar-refractivity contribution in [2.24, 2.45) is 0 Å². The van der Waals surface area contributed by atoms with Crippen LogP contribution in [0.5, 0.6) is 0 Å². The lowest BCUT2D eigenvalue weighted by atomic mass is 9.80. The highest BCUT2D eigenvalue weighted by Crippen LogP contribution is 2.26. The smallest absolute Gasteiger partial charge is 0.423 e. The minimum Gasteiger partial charge on any atom is -0.423 e. The zero-order chi connectivity index (χ0) is 17.3. The van der Waals surface area contributed by atoms with Gasteiger partial charge < -0.3 is 19.8 Å². The molecular weight excluding hydrogens is 330 g/mol. The highest BCUT2D eigenvalue weighted by Gasteiger charge is 2.23. The Bertz CT molecular complexity index is 794. The zero-order valence-electron chi connectivity index (χ0n) is 12.9. The van der Waals surface area contributed by atoms with Crippen molar-refractivity contribution in [1.82, 2.24) is 14.9 Å². The van der Waals surface area contributed by atoms with E-state index in [4.69, 9.17) is 11.6 Å². The van der Waals surface area contributed by atoms with Crippen LogP contribution in [0.2, 0.25) is 5.02 Å². The van der Waals surface area contributed by atoms with E-state index >= 15 is 0 Å². The highest BCUT2D eigenvalue weighted by atomic mass is 35.5. The Morgan fingerprint density at radius 2 is 1.96 bits per heavy atom. The largest absolute Gasteiger partial charge is 0.490 e. The number of rotatable bonds is 3. The molecule has 0 radical (unpaired) electrons. The lowest BCUT2D eigenvalue weighted by Gasteiger charge is -2.35. The molecule has 2 heterocycles. The molecule has 1 aliphatic rings. The SMILES string of the molecule is C=CC(=O)N1CCN(c2ncnc3cc(B(O)O)c(Cl)cc23)CC1. The minimum absolute atomic E-state index is 0.0770. The first-order valence-electron chi connectivity index (χ1n) is 7.48. The van der Waals surface area contributed by atoms with E-state index in [2.05, 4.69) is 21.4 Å². The van der Waals surface area contributed by atoms with Gasteiger partial charge in [-0.3, -0.25) is 4.79 Å². The molecule has 0 bridgehead atoms. The van der Waals surface area contributed by atoms with Gasteiger partial charge >= 0.3 is 7.12 Å². The molecule has 1 aromatic carbocycles. The fraction of sp³-hybridized carbons (Fsp3) is 0.267. The van der Waals surface area contributed by atoms with Gasteiger partial charge in [0.25, 0.3) is 0 Å². The number of nitrogens with zero attached hydrogens (tertiary/aromatic N) is 4. The van der Waals surface area contributed by atoms with Crippen molar-refractivity contribution in [3.8, 4) is 0 Å². The van der Waals surface area contributed by atoms with Gasteiger partial charge in [-0.1, -0.05) is 18.2 Å². The summed E-state index contributed by atoms with van der Waals surface area (Å²) >= 11 is 6.13. The second kappa shape index (κ2) is 6.76. The van der Waals surface area contributed by atoms with Gasteiger partial charge in [0.1, 0.15) is 12.1 Å². The maximum Gasteiger partial charge on any atom is 0.490 e. The van der Waals surface area contributed by atoms with Crippen molar-refractivity contribution >= 4 is 46.8 Å². The first kappa shape index (κ1) is 16.7. The number of amides is 1. The number of hydrogen-bond acceptors (Lipinski definition) is 6. The van der Waals surface area contributed by atoms with Crippen LogP contribution in [0.4, 0.5) is 5.82 Å². The number of fused-ring (bicyclic) bond motifs is 1. The number of halogens is 1. The Morgan fingerprint density at radius 3 is 2.58 bits per heavy atom. The molecule has 24 heavy (non-hydrogen) atoms. The molecule has 3 rings (SSSR count). The number of aromatic nitrogens is 2. The van der Waals surface area contributed by atoms with Crippen LogP contribution in [-0.4, -0.2) is 64.1 Å². The number of piperazine rings is 1. The van der Waals surface area contributed by atoms with Crippen LogP contribution in [0, 0.1) is 0 Å². The van der Waals surface area contributed by atoms with Gasteiger partial charge in [-0.05, 0) is 18.2 Å². The van der Waals surface area contributed by atoms with Crippen LogP contribution in [-0.2, 0) is 4.79 Å². The maximum atomic E-state index is 11.7. The van der Waals surface area contributed by atoms with Crippen molar-refractivity contribution in [2.45, 2.75) is 0 Å². The number of carbonyl (C=O) groups excluding carboxylic acids is 1. The first-order valence-corrected chi connectivity index (χ1v) is 7.85. The van der Waals surface area contributed by atoms with E-state index in [9.17, 15) is 14.8 Å². The van der Waals surface area contributed by atoms with E-state index in [1.54, 1.807) is 17.0 Å². The van der Waals surface area contributed by atoms with Crippen molar-refractivity contribution in [2.75, 3.05) is 31.1 Å². The number of benzene rings is 1. The normalized spacial score (nSPS) is 14.8. The van der Waals surface area contributed by atoms with E-state index in [0.29, 0.717) is 37.5 Å². The first-order chi connectivity index (χ1) is 11.5. The van der Waals surface area contributed by atoms with Crippen LogP contribution in [0.25, 0.3) is 10.9 Å². The topological polar surface area (TPSA) is 89.8 Å². The molecule has 124 valence electrons. The third kappa shape index (κ3) is 3.08. The molecule has 2 N–H and O–H groups in total. The Balaban J connectivity index is 1.92.